The molecule has 3 aromatic rings. The molecule has 0 bridgehead atoms. The summed E-state index contributed by atoms with van der Waals surface area (Å²) < 4.78 is 0. The monoisotopic (exact) mass is 491 g/mol. The predicted octanol–water partition coefficient (Wildman–Crippen LogP) is 8.56. The van der Waals surface area contributed by atoms with Crippen LogP contribution in [-0.4, -0.2) is 30.8 Å². The zero-order valence-corrected chi connectivity index (χ0v) is 21.7. The Hall–Kier alpha value is -4.52. The van der Waals surface area contributed by atoms with Crippen LogP contribution < -0.4 is 4.90 Å². The van der Waals surface area contributed by atoms with Crippen molar-refractivity contribution in [2.75, 3.05) is 24.5 Å². The second kappa shape index (κ2) is 14.8. The fraction of sp³-hybridized carbons (Fsp3) is 0.200. The normalized spacial score (nSPS) is 12.4. The van der Waals surface area contributed by atoms with Crippen LogP contribution in [0.5, 0.6) is 0 Å². The topological polar surface area (TPSA) is 77.9 Å². The number of anilines is 1. The standard InChI is InChI=1S/C30H33N7/c1-5-37(6-2)30-15-13-28(14-16-30)35-36-29(22-24(3)4)8-7-19-33-34-27-11-9-25(10-12-27)23-32-26-17-20-31-21-18-26/h7-18,20-23H,3,5-6,19H2,1-2,4H3/b8-7-,29-22+,32-23?,34-33?,36-35?. The van der Waals surface area contributed by atoms with Gasteiger partial charge in [0.1, 0.15) is 0 Å². The zero-order valence-electron chi connectivity index (χ0n) is 21.7. The molecule has 0 aliphatic rings. The van der Waals surface area contributed by atoms with Gasteiger partial charge in [-0.05, 0) is 87.0 Å². The molecule has 188 valence electrons. The second-order valence-corrected chi connectivity index (χ2v) is 8.19. The molecular weight excluding hydrogens is 458 g/mol. The summed E-state index contributed by atoms with van der Waals surface area (Å²) in [7, 11) is 0. The van der Waals surface area contributed by atoms with Crippen molar-refractivity contribution in [3.63, 3.8) is 0 Å². The molecule has 0 atom stereocenters. The van der Waals surface area contributed by atoms with E-state index in [2.05, 4.69) is 67.9 Å². The number of rotatable bonds is 12. The highest BCUT2D eigenvalue weighted by atomic mass is 15.1. The van der Waals surface area contributed by atoms with Gasteiger partial charge in [0.25, 0.3) is 0 Å². The highest BCUT2D eigenvalue weighted by Crippen LogP contribution is 2.21. The Balaban J connectivity index is 1.55. The van der Waals surface area contributed by atoms with E-state index in [1.54, 1.807) is 12.4 Å². The van der Waals surface area contributed by atoms with Crippen molar-refractivity contribution in [2.45, 2.75) is 20.8 Å². The van der Waals surface area contributed by atoms with E-state index in [0.29, 0.717) is 12.2 Å². The van der Waals surface area contributed by atoms with E-state index in [-0.39, 0.29) is 0 Å². The Morgan fingerprint density at radius 3 is 2.16 bits per heavy atom. The first-order chi connectivity index (χ1) is 18.1. The first-order valence-corrected chi connectivity index (χ1v) is 12.3. The molecule has 0 saturated carbocycles. The zero-order chi connectivity index (χ0) is 26.3. The first kappa shape index (κ1) is 27.1. The van der Waals surface area contributed by atoms with E-state index in [9.17, 15) is 0 Å². The summed E-state index contributed by atoms with van der Waals surface area (Å²) in [6, 6.07) is 19.5. The highest BCUT2D eigenvalue weighted by molar-refractivity contribution is 5.82. The molecule has 0 saturated heterocycles. The lowest BCUT2D eigenvalue weighted by Crippen LogP contribution is -2.21. The van der Waals surface area contributed by atoms with Crippen LogP contribution in [0.3, 0.4) is 0 Å². The van der Waals surface area contributed by atoms with E-state index in [0.717, 1.165) is 41.3 Å². The highest BCUT2D eigenvalue weighted by Gasteiger charge is 2.01. The molecule has 0 amide bonds. The van der Waals surface area contributed by atoms with Gasteiger partial charge in [0.2, 0.25) is 0 Å². The van der Waals surface area contributed by atoms with Gasteiger partial charge < -0.3 is 4.90 Å². The van der Waals surface area contributed by atoms with Gasteiger partial charge >= 0.3 is 0 Å². The van der Waals surface area contributed by atoms with Gasteiger partial charge in [-0.1, -0.05) is 30.4 Å². The largest absolute Gasteiger partial charge is 0.372 e. The summed E-state index contributed by atoms with van der Waals surface area (Å²) in [6.45, 7) is 12.5. The average molecular weight is 492 g/mol. The van der Waals surface area contributed by atoms with E-state index in [1.807, 2.05) is 79.9 Å². The number of azo groups is 2. The molecule has 0 aliphatic carbocycles. The number of hydrogen-bond donors (Lipinski definition) is 0. The van der Waals surface area contributed by atoms with Crippen molar-refractivity contribution >= 4 is 29.0 Å². The number of aromatic nitrogens is 1. The van der Waals surface area contributed by atoms with Crippen molar-refractivity contribution < 1.29 is 0 Å². The maximum atomic E-state index is 4.42. The third kappa shape index (κ3) is 9.57. The lowest BCUT2D eigenvalue weighted by molar-refractivity contribution is 0.866. The average Bonchev–Trinajstić information content (AvgIpc) is 2.92. The van der Waals surface area contributed by atoms with Crippen LogP contribution in [0.1, 0.15) is 26.3 Å². The first-order valence-electron chi connectivity index (χ1n) is 12.3. The molecule has 0 aliphatic heterocycles. The van der Waals surface area contributed by atoms with Gasteiger partial charge in [0, 0.05) is 37.4 Å². The quantitative estimate of drug-likeness (QED) is 0.144. The molecule has 7 nitrogen and oxygen atoms in total. The predicted molar refractivity (Wildman–Crippen MR) is 154 cm³/mol. The molecule has 37 heavy (non-hydrogen) atoms. The van der Waals surface area contributed by atoms with Crippen LogP contribution >= 0.6 is 0 Å². The molecular formula is C30H33N7. The molecule has 7 heteroatoms. The molecule has 1 aromatic heterocycles. The lowest BCUT2D eigenvalue weighted by Gasteiger charge is -2.20. The third-order valence-corrected chi connectivity index (χ3v) is 5.23. The SMILES string of the molecule is C=C(C)/C=C(\C=C/CN=Nc1ccc(C=Nc2ccncc2)cc1)N=Nc1ccc(N(CC)CC)cc1. The molecule has 0 fully saturated rings. The van der Waals surface area contributed by atoms with Crippen LogP contribution in [0.25, 0.3) is 0 Å². The number of allylic oxidation sites excluding steroid dienone is 3. The molecule has 0 N–H and O–H groups in total. The molecule has 0 spiro atoms. The fourth-order valence-corrected chi connectivity index (χ4v) is 3.35. The van der Waals surface area contributed by atoms with Gasteiger partial charge in [-0.15, -0.1) is 0 Å². The van der Waals surface area contributed by atoms with E-state index >= 15 is 0 Å². The van der Waals surface area contributed by atoms with Gasteiger partial charge in [-0.25, -0.2) is 0 Å². The summed E-state index contributed by atoms with van der Waals surface area (Å²) in [5.41, 5.74) is 6.19. The molecule has 0 unspecified atom stereocenters. The maximum absolute atomic E-state index is 4.42. The number of pyridine rings is 1. The molecule has 1 heterocycles. The van der Waals surface area contributed by atoms with Crippen LogP contribution in [0.2, 0.25) is 0 Å². The minimum Gasteiger partial charge on any atom is -0.372 e. The summed E-state index contributed by atoms with van der Waals surface area (Å²) in [4.78, 5) is 10.7. The fourth-order valence-electron chi connectivity index (χ4n) is 3.35. The Bertz CT molecular complexity index is 1270. The van der Waals surface area contributed by atoms with Gasteiger partial charge in [-0.3, -0.25) is 9.98 Å². The van der Waals surface area contributed by atoms with E-state index in [4.69, 9.17) is 0 Å². The molecule has 2 aromatic carbocycles. The van der Waals surface area contributed by atoms with Gasteiger partial charge in [0.05, 0.1) is 29.3 Å². The van der Waals surface area contributed by atoms with Gasteiger partial charge in [0.15, 0.2) is 0 Å². The van der Waals surface area contributed by atoms with Crippen molar-refractivity contribution in [3.8, 4) is 0 Å². The second-order valence-electron chi connectivity index (χ2n) is 8.19. The van der Waals surface area contributed by atoms with Crippen LogP contribution in [0.15, 0.2) is 135 Å². The van der Waals surface area contributed by atoms with Crippen molar-refractivity contribution in [3.05, 3.63) is 115 Å². The summed E-state index contributed by atoms with van der Waals surface area (Å²) in [5.74, 6) is 0. The van der Waals surface area contributed by atoms with E-state index < -0.39 is 0 Å². The number of hydrogen-bond acceptors (Lipinski definition) is 7. The Morgan fingerprint density at radius 2 is 1.51 bits per heavy atom. The molecule has 0 radical (unpaired) electrons. The van der Waals surface area contributed by atoms with E-state index in [1.165, 1.54) is 5.69 Å². The van der Waals surface area contributed by atoms with Gasteiger partial charge in [-0.2, -0.15) is 20.5 Å². The summed E-state index contributed by atoms with van der Waals surface area (Å²) in [5, 5.41) is 17.3. The smallest absolute Gasteiger partial charge is 0.0858 e. The van der Waals surface area contributed by atoms with Crippen LogP contribution in [0, 0.1) is 0 Å². The van der Waals surface area contributed by atoms with Crippen molar-refractivity contribution in [1.29, 1.82) is 0 Å². The Kier molecular flexibility index (Phi) is 10.8. The summed E-state index contributed by atoms with van der Waals surface area (Å²) >= 11 is 0. The minimum absolute atomic E-state index is 0.423. The maximum Gasteiger partial charge on any atom is 0.0858 e. The summed E-state index contributed by atoms with van der Waals surface area (Å²) in [6.07, 6.45) is 10.9. The Labute approximate surface area is 219 Å². The van der Waals surface area contributed by atoms with Crippen molar-refractivity contribution in [2.24, 2.45) is 25.4 Å². The lowest BCUT2D eigenvalue weighted by atomic mass is 10.2. The number of nitrogens with zero attached hydrogens (tertiary/aromatic N) is 7. The number of benzene rings is 2. The Morgan fingerprint density at radius 1 is 0.865 bits per heavy atom. The van der Waals surface area contributed by atoms with Crippen LogP contribution in [-0.2, 0) is 0 Å². The molecule has 3 rings (SSSR count). The minimum atomic E-state index is 0.423. The van der Waals surface area contributed by atoms with Crippen molar-refractivity contribution in [1.82, 2.24) is 4.98 Å². The van der Waals surface area contributed by atoms with Crippen LogP contribution in [0.4, 0.5) is 22.7 Å². The third-order valence-electron chi connectivity index (χ3n) is 5.23. The number of aliphatic imine (C=N–C) groups is 1.